The van der Waals surface area contributed by atoms with Crippen LogP contribution < -0.4 is 0 Å². The second kappa shape index (κ2) is 31.8. The third kappa shape index (κ3) is 32.5. The summed E-state index contributed by atoms with van der Waals surface area (Å²) in [7, 11) is -9.67. The summed E-state index contributed by atoms with van der Waals surface area (Å²) in [5.74, 6) is -0.266. The van der Waals surface area contributed by atoms with Crippen molar-refractivity contribution in [3.05, 3.63) is 12.2 Å². The number of allylic oxidation sites excluding steroid dienone is 1. The Morgan fingerprint density at radius 1 is 0.691 bits per heavy atom. The normalized spacial score (nSPS) is 18.5. The van der Waals surface area contributed by atoms with Crippen LogP contribution in [-0.4, -0.2) is 82.6 Å². The molecule has 14 nitrogen and oxygen atoms in total. The minimum atomic E-state index is -4.86. The van der Waals surface area contributed by atoms with Gasteiger partial charge in [-0.1, -0.05) is 129 Å². The summed E-state index contributed by atoms with van der Waals surface area (Å²) in [6.07, 6.45) is 25.2. The number of unbranched alkanes of at least 4 members (excludes halogenated alkanes) is 14. The Kier molecular flexibility index (Phi) is 29.9. The standard InChI is InChI=1S/C39H74O14P2/c1-4-6-7-8-15-20-25-36-37(53-36)26-21-16-13-18-22-27-38(41)48-31-35(32-51-55(46,47)50-30-34(40)29-49-54(43,44)45)52-39(42)28-23-17-12-10-9-11-14-19-24-33(3)5-2/h15,20,33-37,40H,4-14,16-19,21-32H2,1-3H3,(H,46,47)(H2,43,44,45)/b20-15-/t33?,34-,35+,36?,37?/m0/s1. The number of esters is 2. The molecule has 0 radical (unpaired) electrons. The lowest BCUT2D eigenvalue weighted by molar-refractivity contribution is -0.161. The number of hydrogen-bond donors (Lipinski definition) is 4. The number of phosphoric acid groups is 2. The average Bonchev–Trinajstić information content (AvgIpc) is 3.90. The van der Waals surface area contributed by atoms with Crippen molar-refractivity contribution in [2.24, 2.45) is 5.92 Å². The van der Waals surface area contributed by atoms with Crippen LogP contribution in [0.4, 0.5) is 0 Å². The lowest BCUT2D eigenvalue weighted by Gasteiger charge is -2.20. The minimum Gasteiger partial charge on any atom is -0.462 e. The van der Waals surface area contributed by atoms with Crippen LogP contribution in [-0.2, 0) is 46.5 Å². The van der Waals surface area contributed by atoms with Crippen molar-refractivity contribution >= 4 is 27.6 Å². The molecule has 1 heterocycles. The van der Waals surface area contributed by atoms with Gasteiger partial charge in [0.1, 0.15) is 12.7 Å². The number of hydrogen-bond acceptors (Lipinski definition) is 11. The van der Waals surface area contributed by atoms with Gasteiger partial charge in [-0.15, -0.1) is 0 Å². The molecule has 55 heavy (non-hydrogen) atoms. The molecule has 1 saturated heterocycles. The fourth-order valence-electron chi connectivity index (χ4n) is 5.92. The first-order valence-corrected chi connectivity index (χ1v) is 23.9. The summed E-state index contributed by atoms with van der Waals surface area (Å²) in [5, 5.41) is 9.73. The SMILES string of the molecule is CCCCC/C=C\CC1OC1CCCCCCCC(=O)OC[C@H](COP(=O)(O)OC[C@@H](O)COP(=O)(O)O)OC(=O)CCCCCCCCCCC(C)CC. The van der Waals surface area contributed by atoms with Gasteiger partial charge in [-0.2, -0.15) is 0 Å². The van der Waals surface area contributed by atoms with E-state index >= 15 is 0 Å². The zero-order chi connectivity index (χ0) is 40.8. The molecule has 6 atom stereocenters. The molecule has 0 aromatic rings. The van der Waals surface area contributed by atoms with Gasteiger partial charge in [0.05, 0.1) is 32.0 Å². The Bertz CT molecular complexity index is 1120. The second-order valence-corrected chi connectivity index (χ2v) is 17.6. The summed E-state index contributed by atoms with van der Waals surface area (Å²) in [4.78, 5) is 52.6. The highest BCUT2D eigenvalue weighted by molar-refractivity contribution is 7.47. The fourth-order valence-corrected chi connectivity index (χ4v) is 7.07. The number of rotatable bonds is 38. The third-order valence-electron chi connectivity index (χ3n) is 9.61. The Hall–Kier alpha value is -1.18. The Morgan fingerprint density at radius 2 is 1.27 bits per heavy atom. The van der Waals surface area contributed by atoms with Gasteiger partial charge in [0.25, 0.3) is 0 Å². The maximum absolute atomic E-state index is 12.6. The van der Waals surface area contributed by atoms with Crippen molar-refractivity contribution in [3.63, 3.8) is 0 Å². The largest absolute Gasteiger partial charge is 0.472 e. The predicted octanol–water partition coefficient (Wildman–Crippen LogP) is 9.02. The molecule has 0 amide bonds. The van der Waals surface area contributed by atoms with E-state index in [1.165, 1.54) is 57.8 Å². The molecule has 1 aliphatic rings. The topological polar surface area (TPSA) is 208 Å². The Morgan fingerprint density at radius 3 is 1.91 bits per heavy atom. The van der Waals surface area contributed by atoms with Crippen LogP contribution in [0.25, 0.3) is 0 Å². The van der Waals surface area contributed by atoms with Crippen LogP contribution in [0.5, 0.6) is 0 Å². The number of aliphatic hydroxyl groups is 1. The molecule has 4 N–H and O–H groups in total. The number of epoxide rings is 1. The molecule has 0 aromatic heterocycles. The van der Waals surface area contributed by atoms with E-state index < -0.39 is 66.2 Å². The molecule has 0 bridgehead atoms. The molecule has 1 aliphatic heterocycles. The molecular weight excluding hydrogens is 754 g/mol. The molecule has 324 valence electrons. The number of carbonyl (C=O) groups is 2. The molecule has 1 fully saturated rings. The summed E-state index contributed by atoms with van der Waals surface area (Å²) >= 11 is 0. The maximum Gasteiger partial charge on any atom is 0.472 e. The molecule has 0 aliphatic carbocycles. The smallest absolute Gasteiger partial charge is 0.462 e. The van der Waals surface area contributed by atoms with Gasteiger partial charge in [-0.3, -0.25) is 23.2 Å². The van der Waals surface area contributed by atoms with Crippen LogP contribution in [0.1, 0.15) is 168 Å². The number of aliphatic hydroxyl groups excluding tert-OH is 1. The number of carbonyl (C=O) groups excluding carboxylic acids is 2. The van der Waals surface area contributed by atoms with E-state index in [0.29, 0.717) is 25.0 Å². The van der Waals surface area contributed by atoms with E-state index in [4.69, 9.17) is 28.5 Å². The van der Waals surface area contributed by atoms with Crippen molar-refractivity contribution in [2.75, 3.05) is 26.4 Å². The van der Waals surface area contributed by atoms with Crippen molar-refractivity contribution in [3.8, 4) is 0 Å². The van der Waals surface area contributed by atoms with Crippen molar-refractivity contribution in [2.45, 2.75) is 193 Å². The van der Waals surface area contributed by atoms with Crippen molar-refractivity contribution in [1.29, 1.82) is 0 Å². The van der Waals surface area contributed by atoms with Gasteiger partial charge in [0, 0.05) is 12.8 Å². The molecule has 0 saturated carbocycles. The van der Waals surface area contributed by atoms with Crippen LogP contribution in [0, 0.1) is 5.92 Å². The Labute approximate surface area is 330 Å². The first-order valence-electron chi connectivity index (χ1n) is 20.9. The highest BCUT2D eigenvalue weighted by Crippen LogP contribution is 2.44. The summed E-state index contributed by atoms with van der Waals surface area (Å²) < 4.78 is 53.5. The predicted molar refractivity (Wildman–Crippen MR) is 211 cm³/mol. The van der Waals surface area contributed by atoms with Gasteiger partial charge in [0.2, 0.25) is 0 Å². The lowest BCUT2D eigenvalue weighted by Crippen LogP contribution is -2.30. The van der Waals surface area contributed by atoms with Crippen LogP contribution >= 0.6 is 15.6 Å². The Balaban J connectivity index is 2.37. The third-order valence-corrected chi connectivity index (χ3v) is 11.0. The number of phosphoric ester groups is 2. The van der Waals surface area contributed by atoms with E-state index in [9.17, 15) is 28.7 Å². The van der Waals surface area contributed by atoms with Crippen molar-refractivity contribution < 1.29 is 66.3 Å². The summed E-state index contributed by atoms with van der Waals surface area (Å²) in [6, 6.07) is 0. The van der Waals surface area contributed by atoms with E-state index in [0.717, 1.165) is 70.1 Å². The monoisotopic (exact) mass is 828 g/mol. The zero-order valence-corrected chi connectivity index (χ0v) is 35.7. The molecular formula is C39H74O14P2. The number of ether oxygens (including phenoxy) is 3. The van der Waals surface area contributed by atoms with Gasteiger partial charge in [-0.05, 0) is 44.4 Å². The lowest BCUT2D eigenvalue weighted by atomic mass is 9.99. The van der Waals surface area contributed by atoms with Gasteiger partial charge in [0.15, 0.2) is 6.10 Å². The van der Waals surface area contributed by atoms with Gasteiger partial charge < -0.3 is 34.0 Å². The van der Waals surface area contributed by atoms with E-state index in [1.807, 2.05) is 0 Å². The van der Waals surface area contributed by atoms with Crippen LogP contribution in [0.15, 0.2) is 12.2 Å². The fraction of sp³-hybridized carbons (Fsp3) is 0.897. The maximum atomic E-state index is 12.6. The van der Waals surface area contributed by atoms with Crippen LogP contribution in [0.3, 0.4) is 0 Å². The average molecular weight is 829 g/mol. The quantitative estimate of drug-likeness (QED) is 0.0151. The molecule has 16 heteroatoms. The highest BCUT2D eigenvalue weighted by Gasteiger charge is 2.36. The minimum absolute atomic E-state index is 0.127. The van der Waals surface area contributed by atoms with Crippen molar-refractivity contribution in [1.82, 2.24) is 0 Å². The molecule has 0 aromatic carbocycles. The first-order chi connectivity index (χ1) is 26.2. The van der Waals surface area contributed by atoms with E-state index in [-0.39, 0.29) is 12.8 Å². The molecule has 1 rings (SSSR count). The molecule has 0 spiro atoms. The summed E-state index contributed by atoms with van der Waals surface area (Å²) in [6.45, 7) is 4.00. The van der Waals surface area contributed by atoms with E-state index in [1.54, 1.807) is 0 Å². The second-order valence-electron chi connectivity index (χ2n) is 14.9. The molecule has 4 unspecified atom stereocenters. The summed E-state index contributed by atoms with van der Waals surface area (Å²) in [5.41, 5.74) is 0. The zero-order valence-electron chi connectivity index (χ0n) is 33.9. The highest BCUT2D eigenvalue weighted by atomic mass is 31.2. The van der Waals surface area contributed by atoms with Gasteiger partial charge in [-0.25, -0.2) is 9.13 Å². The van der Waals surface area contributed by atoms with Crippen LogP contribution in [0.2, 0.25) is 0 Å². The van der Waals surface area contributed by atoms with E-state index in [2.05, 4.69) is 42.0 Å². The van der Waals surface area contributed by atoms with Gasteiger partial charge >= 0.3 is 27.6 Å². The first kappa shape index (κ1) is 51.8.